The first kappa shape index (κ1) is 27.5. The fourth-order valence-corrected chi connectivity index (χ4v) is 5.60. The van der Waals surface area contributed by atoms with Gasteiger partial charge >= 0.3 is 0 Å². The first-order chi connectivity index (χ1) is 17.3. The van der Waals surface area contributed by atoms with Crippen LogP contribution in [0.4, 0.5) is 5.69 Å². The number of carbonyl (C=O) groups is 1. The summed E-state index contributed by atoms with van der Waals surface area (Å²) in [5, 5.41) is 0. The van der Waals surface area contributed by atoms with E-state index in [-0.39, 0.29) is 10.6 Å². The number of aryl methyl sites for hydroxylation is 1. The number of hydrogen-bond acceptors (Lipinski definition) is 5. The predicted molar refractivity (Wildman–Crippen MR) is 147 cm³/mol. The number of rotatable bonds is 11. The Bertz CT molecular complexity index is 1310. The molecular weight excluding hydrogens is 542 g/mol. The van der Waals surface area contributed by atoms with Crippen LogP contribution in [-0.2, 0) is 21.2 Å². The van der Waals surface area contributed by atoms with Crippen molar-refractivity contribution < 1.29 is 22.7 Å². The van der Waals surface area contributed by atoms with E-state index in [1.165, 1.54) is 25.3 Å². The Morgan fingerprint density at radius 2 is 1.72 bits per heavy atom. The average molecular weight is 573 g/mol. The highest BCUT2D eigenvalue weighted by Gasteiger charge is 2.29. The molecule has 0 aromatic heterocycles. The first-order valence-electron chi connectivity index (χ1n) is 11.7. The molecular formula is C28H30BrNO5S. The zero-order valence-corrected chi connectivity index (χ0v) is 23.0. The molecule has 0 unspecified atom stereocenters. The maximum absolute atomic E-state index is 13.5. The molecule has 36 heavy (non-hydrogen) atoms. The number of ether oxygens (including phenoxy) is 2. The largest absolute Gasteiger partial charge is 0.493 e. The molecule has 0 heterocycles. The van der Waals surface area contributed by atoms with E-state index >= 15 is 0 Å². The van der Waals surface area contributed by atoms with Gasteiger partial charge < -0.3 is 9.47 Å². The van der Waals surface area contributed by atoms with Gasteiger partial charge in [0.05, 0.1) is 28.8 Å². The fourth-order valence-electron chi connectivity index (χ4n) is 3.62. The number of methoxy groups -OCH3 is 1. The van der Waals surface area contributed by atoms with E-state index < -0.39 is 15.9 Å². The van der Waals surface area contributed by atoms with E-state index in [1.54, 1.807) is 48.5 Å². The lowest BCUT2D eigenvalue weighted by molar-refractivity contribution is -0.113. The summed E-state index contributed by atoms with van der Waals surface area (Å²) in [6.07, 6.45) is 5.78. The molecule has 3 aromatic rings. The molecule has 0 aliphatic rings. The number of halogens is 1. The predicted octanol–water partition coefficient (Wildman–Crippen LogP) is 6.63. The summed E-state index contributed by atoms with van der Waals surface area (Å²) in [6, 6.07) is 18.5. The summed E-state index contributed by atoms with van der Waals surface area (Å²) < 4.78 is 39.6. The van der Waals surface area contributed by atoms with E-state index in [0.717, 1.165) is 29.1 Å². The molecule has 0 bridgehead atoms. The van der Waals surface area contributed by atoms with Crippen LogP contribution in [0.5, 0.6) is 11.5 Å². The second-order valence-corrected chi connectivity index (χ2v) is 10.6. The molecule has 0 spiro atoms. The number of hydrogen-bond donors (Lipinski definition) is 0. The normalized spacial score (nSPS) is 11.4. The molecule has 8 heteroatoms. The van der Waals surface area contributed by atoms with Gasteiger partial charge in [-0.2, -0.15) is 4.31 Å². The zero-order valence-electron chi connectivity index (χ0n) is 20.6. The second-order valence-electron chi connectivity index (χ2n) is 7.99. The van der Waals surface area contributed by atoms with Crippen LogP contribution >= 0.6 is 15.9 Å². The number of carbonyl (C=O) groups excluding carboxylic acids is 1. The van der Waals surface area contributed by atoms with E-state index in [1.807, 2.05) is 19.1 Å². The highest BCUT2D eigenvalue weighted by molar-refractivity contribution is 9.10. The molecule has 0 saturated heterocycles. The van der Waals surface area contributed by atoms with Crippen molar-refractivity contribution in [2.24, 2.45) is 0 Å². The van der Waals surface area contributed by atoms with Crippen LogP contribution in [-0.4, -0.2) is 28.0 Å². The van der Waals surface area contributed by atoms with Crippen LogP contribution in [0, 0.1) is 0 Å². The quantitative estimate of drug-likeness (QED) is 0.241. The SMILES string of the molecule is CCCCc1ccc(N(C(=O)/C=C/c2cc(Br)c(OCC)c(OC)c2)S(=O)(=O)c2ccccc2)cc1. The lowest BCUT2D eigenvalue weighted by Crippen LogP contribution is -2.35. The van der Waals surface area contributed by atoms with Gasteiger partial charge in [0, 0.05) is 6.08 Å². The summed E-state index contributed by atoms with van der Waals surface area (Å²) in [4.78, 5) is 13.4. The highest BCUT2D eigenvalue weighted by Crippen LogP contribution is 2.37. The van der Waals surface area contributed by atoms with Crippen LogP contribution in [0.3, 0.4) is 0 Å². The summed E-state index contributed by atoms with van der Waals surface area (Å²) in [7, 11) is -2.61. The van der Waals surface area contributed by atoms with Gasteiger partial charge in [0.2, 0.25) is 0 Å². The Morgan fingerprint density at radius 1 is 1.03 bits per heavy atom. The van der Waals surface area contributed by atoms with Gasteiger partial charge in [-0.15, -0.1) is 0 Å². The van der Waals surface area contributed by atoms with Crippen LogP contribution in [0.25, 0.3) is 6.08 Å². The van der Waals surface area contributed by atoms with Crippen molar-refractivity contribution in [3.63, 3.8) is 0 Å². The molecule has 0 aliphatic carbocycles. The number of unbranched alkanes of at least 4 members (excludes halogenated alkanes) is 1. The molecule has 190 valence electrons. The van der Waals surface area contributed by atoms with Gasteiger partial charge in [0.15, 0.2) is 11.5 Å². The Balaban J connectivity index is 2.00. The van der Waals surface area contributed by atoms with Crippen molar-refractivity contribution in [2.75, 3.05) is 18.0 Å². The molecule has 0 aliphatic heterocycles. The van der Waals surface area contributed by atoms with Crippen molar-refractivity contribution in [3.8, 4) is 11.5 Å². The summed E-state index contributed by atoms with van der Waals surface area (Å²) >= 11 is 3.47. The van der Waals surface area contributed by atoms with E-state index in [0.29, 0.717) is 28.1 Å². The van der Waals surface area contributed by atoms with Gasteiger partial charge in [0.1, 0.15) is 0 Å². The van der Waals surface area contributed by atoms with Crippen molar-refractivity contribution >= 4 is 43.6 Å². The van der Waals surface area contributed by atoms with E-state index in [4.69, 9.17) is 9.47 Å². The highest BCUT2D eigenvalue weighted by atomic mass is 79.9. The minimum absolute atomic E-state index is 0.0345. The topological polar surface area (TPSA) is 72.9 Å². The lowest BCUT2D eigenvalue weighted by Gasteiger charge is -2.22. The smallest absolute Gasteiger partial charge is 0.271 e. The number of anilines is 1. The van der Waals surface area contributed by atoms with Crippen LogP contribution in [0.2, 0.25) is 0 Å². The maximum atomic E-state index is 13.5. The third-order valence-corrected chi connectivity index (χ3v) is 7.76. The summed E-state index contributed by atoms with van der Waals surface area (Å²) in [5.74, 6) is 0.360. The van der Waals surface area contributed by atoms with Crippen molar-refractivity contribution in [3.05, 3.63) is 88.4 Å². The molecule has 1 amide bonds. The van der Waals surface area contributed by atoms with Crippen molar-refractivity contribution in [1.29, 1.82) is 0 Å². The molecule has 0 saturated carbocycles. The van der Waals surface area contributed by atoms with Gasteiger partial charge in [-0.25, -0.2) is 8.42 Å². The maximum Gasteiger partial charge on any atom is 0.271 e. The third-order valence-electron chi connectivity index (χ3n) is 5.43. The molecule has 0 atom stereocenters. The number of benzene rings is 3. The number of nitrogens with zero attached hydrogens (tertiary/aromatic N) is 1. The minimum Gasteiger partial charge on any atom is -0.493 e. The molecule has 0 N–H and O–H groups in total. The van der Waals surface area contributed by atoms with Crippen LogP contribution in [0.1, 0.15) is 37.8 Å². The molecule has 0 fully saturated rings. The fraction of sp³-hybridized carbons (Fsp3) is 0.250. The van der Waals surface area contributed by atoms with Crippen LogP contribution < -0.4 is 13.8 Å². The third kappa shape index (κ3) is 6.56. The van der Waals surface area contributed by atoms with E-state index in [2.05, 4.69) is 22.9 Å². The van der Waals surface area contributed by atoms with Crippen LogP contribution in [0.15, 0.2) is 82.2 Å². The molecule has 6 nitrogen and oxygen atoms in total. The monoisotopic (exact) mass is 571 g/mol. The molecule has 0 radical (unpaired) electrons. The van der Waals surface area contributed by atoms with Gasteiger partial charge in [0.25, 0.3) is 15.9 Å². The Morgan fingerprint density at radius 3 is 2.33 bits per heavy atom. The molecule has 3 aromatic carbocycles. The lowest BCUT2D eigenvalue weighted by atomic mass is 10.1. The Kier molecular flexibility index (Phi) is 9.73. The second kappa shape index (κ2) is 12.7. The summed E-state index contributed by atoms with van der Waals surface area (Å²) in [6.45, 7) is 4.45. The van der Waals surface area contributed by atoms with Gasteiger partial charge in [-0.1, -0.05) is 43.7 Å². The van der Waals surface area contributed by atoms with Gasteiger partial charge in [-0.3, -0.25) is 4.79 Å². The standard InChI is InChI=1S/C28H30BrNO5S/c1-4-6-10-21-13-16-23(17-14-21)30(36(32,33)24-11-8-7-9-12-24)27(31)18-15-22-19-25(29)28(35-5-2)26(20-22)34-3/h7-9,11-20H,4-6,10H2,1-3H3/b18-15+. The Hall–Kier alpha value is -3.10. The zero-order chi connectivity index (χ0) is 26.1. The average Bonchev–Trinajstić information content (AvgIpc) is 2.88. The Labute approximate surface area is 221 Å². The minimum atomic E-state index is -4.14. The summed E-state index contributed by atoms with van der Waals surface area (Å²) in [5.41, 5.74) is 2.01. The molecule has 3 rings (SSSR count). The van der Waals surface area contributed by atoms with Gasteiger partial charge in [-0.05, 0) is 89.3 Å². The van der Waals surface area contributed by atoms with E-state index in [9.17, 15) is 13.2 Å². The number of amides is 1. The van der Waals surface area contributed by atoms with Crippen molar-refractivity contribution in [1.82, 2.24) is 0 Å². The number of sulfonamides is 1. The first-order valence-corrected chi connectivity index (χ1v) is 14.0. The van der Waals surface area contributed by atoms with Crippen molar-refractivity contribution in [2.45, 2.75) is 38.0 Å².